The molecule has 0 bridgehead atoms. The van der Waals surface area contributed by atoms with Crippen LogP contribution in [0.3, 0.4) is 0 Å². The first kappa shape index (κ1) is 24.7. The van der Waals surface area contributed by atoms with Crippen LogP contribution in [-0.2, 0) is 9.59 Å². The average molecular weight is 582 g/mol. The highest BCUT2D eigenvalue weighted by Gasteiger charge is 2.42. The van der Waals surface area contributed by atoms with Crippen LogP contribution in [-0.4, -0.2) is 33.0 Å². The van der Waals surface area contributed by atoms with E-state index in [0.717, 1.165) is 43.5 Å². The molecule has 0 aromatic heterocycles. The molecule has 2 atom stereocenters. The topological polar surface area (TPSA) is 76.8 Å². The van der Waals surface area contributed by atoms with Crippen LogP contribution >= 0.6 is 39.3 Å². The number of nitrogens with zero attached hydrogens (tertiary/aromatic N) is 3. The third-order valence-electron chi connectivity index (χ3n) is 6.18. The molecule has 2 aliphatic rings. The zero-order valence-electron chi connectivity index (χ0n) is 19.3. The van der Waals surface area contributed by atoms with Gasteiger partial charge >= 0.3 is 0 Å². The number of amidine groups is 1. The SMILES string of the molecule is Cc1ccc(C2=NN(C(=N)S[C@@H]3CC(=O)N(c4cccc(Cl)c4)C3=O)[C@H](c3ccc(Br)cc3)C2)cc1. The van der Waals surface area contributed by atoms with Gasteiger partial charge in [0.1, 0.15) is 5.25 Å². The molecule has 0 saturated carbocycles. The molecule has 0 unspecified atom stereocenters. The van der Waals surface area contributed by atoms with Crippen LogP contribution in [0.2, 0.25) is 5.02 Å². The molecule has 1 N–H and O–H groups in total. The van der Waals surface area contributed by atoms with E-state index in [2.05, 4.69) is 15.9 Å². The monoisotopic (exact) mass is 580 g/mol. The first-order valence-electron chi connectivity index (χ1n) is 11.4. The Kier molecular flexibility index (Phi) is 7.01. The van der Waals surface area contributed by atoms with Crippen molar-refractivity contribution < 1.29 is 9.59 Å². The highest BCUT2D eigenvalue weighted by molar-refractivity contribution is 9.10. The lowest BCUT2D eigenvalue weighted by molar-refractivity contribution is -0.121. The summed E-state index contributed by atoms with van der Waals surface area (Å²) in [5.74, 6) is -0.651. The third kappa shape index (κ3) is 4.98. The Balaban J connectivity index is 1.40. The summed E-state index contributed by atoms with van der Waals surface area (Å²) in [6.07, 6.45) is 0.642. The van der Waals surface area contributed by atoms with Crippen LogP contribution in [0.4, 0.5) is 5.69 Å². The Bertz CT molecular complexity index is 1380. The van der Waals surface area contributed by atoms with Crippen molar-refractivity contribution in [2.75, 3.05) is 4.90 Å². The summed E-state index contributed by atoms with van der Waals surface area (Å²) in [4.78, 5) is 27.1. The van der Waals surface area contributed by atoms with Crippen LogP contribution in [0.15, 0.2) is 82.4 Å². The summed E-state index contributed by atoms with van der Waals surface area (Å²) in [5, 5.41) is 15.2. The van der Waals surface area contributed by atoms with Crippen LogP contribution < -0.4 is 4.90 Å². The fraction of sp³-hybridized carbons (Fsp3) is 0.185. The summed E-state index contributed by atoms with van der Waals surface area (Å²) < 4.78 is 0.969. The first-order chi connectivity index (χ1) is 17.3. The van der Waals surface area contributed by atoms with Crippen molar-refractivity contribution in [1.29, 1.82) is 5.41 Å². The number of hydrogen-bond acceptors (Lipinski definition) is 5. The van der Waals surface area contributed by atoms with Crippen molar-refractivity contribution >= 4 is 67.7 Å². The molecule has 1 fully saturated rings. The second-order valence-corrected chi connectivity index (χ2v) is 11.2. The van der Waals surface area contributed by atoms with E-state index in [9.17, 15) is 9.59 Å². The Morgan fingerprint density at radius 3 is 2.47 bits per heavy atom. The van der Waals surface area contributed by atoms with E-state index in [-0.39, 0.29) is 29.4 Å². The minimum Gasteiger partial charge on any atom is -0.277 e. The maximum Gasteiger partial charge on any atom is 0.247 e. The molecule has 3 aromatic rings. The molecule has 2 heterocycles. The smallest absolute Gasteiger partial charge is 0.247 e. The lowest BCUT2D eigenvalue weighted by atomic mass is 9.98. The number of rotatable bonds is 4. The van der Waals surface area contributed by atoms with Gasteiger partial charge in [0.15, 0.2) is 5.17 Å². The fourth-order valence-electron chi connectivity index (χ4n) is 4.33. The van der Waals surface area contributed by atoms with Gasteiger partial charge in [0.2, 0.25) is 11.8 Å². The van der Waals surface area contributed by atoms with Gasteiger partial charge in [-0.15, -0.1) is 0 Å². The van der Waals surface area contributed by atoms with E-state index in [1.165, 1.54) is 0 Å². The maximum atomic E-state index is 13.2. The number of imide groups is 1. The van der Waals surface area contributed by atoms with Gasteiger partial charge in [-0.05, 0) is 48.4 Å². The quantitative estimate of drug-likeness (QED) is 0.215. The van der Waals surface area contributed by atoms with Gasteiger partial charge in [-0.25, -0.2) is 9.91 Å². The maximum absolute atomic E-state index is 13.2. The lowest BCUT2D eigenvalue weighted by Crippen LogP contribution is -2.32. The number of anilines is 1. The van der Waals surface area contributed by atoms with Crippen molar-refractivity contribution in [2.24, 2.45) is 5.10 Å². The van der Waals surface area contributed by atoms with E-state index in [1.807, 2.05) is 55.5 Å². The molecule has 2 amide bonds. The highest BCUT2D eigenvalue weighted by atomic mass is 79.9. The zero-order valence-corrected chi connectivity index (χ0v) is 22.5. The van der Waals surface area contributed by atoms with Crippen molar-refractivity contribution in [1.82, 2.24) is 5.01 Å². The molecule has 0 aliphatic carbocycles. The Morgan fingerprint density at radius 2 is 1.78 bits per heavy atom. The minimum absolute atomic E-state index is 0.0176. The number of thioether (sulfide) groups is 1. The summed E-state index contributed by atoms with van der Waals surface area (Å²) in [6, 6.07) is 22.6. The van der Waals surface area contributed by atoms with E-state index < -0.39 is 5.25 Å². The van der Waals surface area contributed by atoms with Crippen LogP contribution in [0.5, 0.6) is 0 Å². The molecule has 182 valence electrons. The summed E-state index contributed by atoms with van der Waals surface area (Å²) in [7, 11) is 0. The van der Waals surface area contributed by atoms with Gasteiger partial charge in [-0.1, -0.05) is 87.3 Å². The van der Waals surface area contributed by atoms with Crippen molar-refractivity contribution in [2.45, 2.75) is 31.1 Å². The van der Waals surface area contributed by atoms with Gasteiger partial charge in [-0.2, -0.15) is 5.10 Å². The Labute approximate surface area is 227 Å². The fourth-order valence-corrected chi connectivity index (χ4v) is 5.76. The number of amides is 2. The molecule has 0 spiro atoms. The molecule has 0 radical (unpaired) electrons. The van der Waals surface area contributed by atoms with Gasteiger partial charge in [-0.3, -0.25) is 15.0 Å². The number of hydrazone groups is 1. The predicted molar refractivity (Wildman–Crippen MR) is 149 cm³/mol. The number of hydrogen-bond donors (Lipinski definition) is 1. The molecule has 9 heteroatoms. The van der Waals surface area contributed by atoms with Crippen molar-refractivity contribution in [3.63, 3.8) is 0 Å². The van der Waals surface area contributed by atoms with Crippen LogP contribution in [0.25, 0.3) is 0 Å². The number of halogens is 2. The first-order valence-corrected chi connectivity index (χ1v) is 13.4. The number of carbonyl (C=O) groups excluding carboxylic acids is 2. The number of aryl methyl sites for hydroxylation is 1. The van der Waals surface area contributed by atoms with Crippen LogP contribution in [0, 0.1) is 12.3 Å². The van der Waals surface area contributed by atoms with E-state index in [1.54, 1.807) is 29.3 Å². The number of benzene rings is 3. The minimum atomic E-state index is -0.701. The van der Waals surface area contributed by atoms with E-state index >= 15 is 0 Å². The van der Waals surface area contributed by atoms with Crippen LogP contribution in [0.1, 0.15) is 35.6 Å². The molecule has 6 nitrogen and oxygen atoms in total. The number of carbonyl (C=O) groups is 2. The van der Waals surface area contributed by atoms with Gasteiger partial charge in [0.05, 0.1) is 17.4 Å². The second-order valence-electron chi connectivity index (χ2n) is 8.69. The largest absolute Gasteiger partial charge is 0.277 e. The third-order valence-corrected chi connectivity index (χ3v) is 8.01. The number of nitrogens with one attached hydrogen (secondary N) is 1. The van der Waals surface area contributed by atoms with E-state index in [4.69, 9.17) is 22.1 Å². The van der Waals surface area contributed by atoms with E-state index in [0.29, 0.717) is 17.1 Å². The summed E-state index contributed by atoms with van der Waals surface area (Å²) in [6.45, 7) is 2.04. The summed E-state index contributed by atoms with van der Waals surface area (Å²) in [5.41, 5.74) is 4.50. The molecular weight excluding hydrogens is 560 g/mol. The summed E-state index contributed by atoms with van der Waals surface area (Å²) >= 11 is 10.6. The van der Waals surface area contributed by atoms with Gasteiger partial charge in [0.25, 0.3) is 0 Å². The normalized spacial score (nSPS) is 19.7. The average Bonchev–Trinajstić information content (AvgIpc) is 3.41. The molecule has 2 aliphatic heterocycles. The standard InChI is InChI=1S/C27H22BrClN4O2S/c1-16-5-7-17(8-6-16)22-14-23(18-9-11-19(28)12-10-18)33(31-22)27(30)36-24-15-25(34)32(26(24)35)21-4-2-3-20(29)13-21/h2-13,23-24,30H,14-15H2,1H3/t23-,24+/m0/s1. The zero-order chi connectivity index (χ0) is 25.4. The molecule has 1 saturated heterocycles. The highest BCUT2D eigenvalue weighted by Crippen LogP contribution is 2.38. The lowest BCUT2D eigenvalue weighted by Gasteiger charge is -2.24. The molecule has 5 rings (SSSR count). The predicted octanol–water partition coefficient (Wildman–Crippen LogP) is 6.56. The Morgan fingerprint density at radius 1 is 1.06 bits per heavy atom. The molecule has 36 heavy (non-hydrogen) atoms. The van der Waals surface area contributed by atoms with Gasteiger partial charge < -0.3 is 0 Å². The molecular formula is C27H22BrClN4O2S. The van der Waals surface area contributed by atoms with Crippen molar-refractivity contribution in [3.8, 4) is 0 Å². The second kappa shape index (κ2) is 10.2. The van der Waals surface area contributed by atoms with Gasteiger partial charge in [0, 0.05) is 22.3 Å². The molecule has 3 aromatic carbocycles. The Hall–Kier alpha value is -2.94. The van der Waals surface area contributed by atoms with Crippen molar-refractivity contribution in [3.05, 3.63) is 99.0 Å².